The Kier molecular flexibility index (Phi) is 3.24. The van der Waals surface area contributed by atoms with E-state index in [0.717, 1.165) is 33.2 Å². The molecule has 0 aliphatic carbocycles. The highest BCUT2D eigenvalue weighted by Gasteiger charge is 2.10. The van der Waals surface area contributed by atoms with E-state index in [4.69, 9.17) is 0 Å². The second-order valence-electron chi connectivity index (χ2n) is 5.38. The minimum absolute atomic E-state index is 0.258. The number of phenols is 1. The molecule has 3 aromatic carbocycles. The van der Waals surface area contributed by atoms with Crippen LogP contribution in [0.1, 0.15) is 0 Å². The summed E-state index contributed by atoms with van der Waals surface area (Å²) in [7, 11) is 0. The molecular weight excluding hydrogens is 284 g/mol. The zero-order chi connectivity index (χ0) is 15.6. The predicted octanol–water partition coefficient (Wildman–Crippen LogP) is 4.67. The van der Waals surface area contributed by atoms with Crippen LogP contribution in [0, 0.1) is 0 Å². The maximum Gasteiger partial charge on any atom is 0.123 e. The van der Waals surface area contributed by atoms with Crippen molar-refractivity contribution >= 4 is 10.8 Å². The Labute approximate surface area is 133 Å². The van der Waals surface area contributed by atoms with Crippen molar-refractivity contribution in [3.63, 3.8) is 0 Å². The molecule has 0 bridgehead atoms. The van der Waals surface area contributed by atoms with Crippen LogP contribution in [0.25, 0.3) is 33.2 Å². The summed E-state index contributed by atoms with van der Waals surface area (Å²) in [4.78, 5) is 0. The second-order valence-corrected chi connectivity index (χ2v) is 5.38. The van der Waals surface area contributed by atoms with Gasteiger partial charge < -0.3 is 5.11 Å². The molecule has 4 rings (SSSR count). The van der Waals surface area contributed by atoms with E-state index < -0.39 is 0 Å². The molecule has 1 aromatic heterocycles. The Morgan fingerprint density at radius 1 is 0.739 bits per heavy atom. The molecule has 0 aliphatic rings. The lowest BCUT2D eigenvalue weighted by atomic mass is 9.98. The Bertz CT molecular complexity index is 976. The van der Waals surface area contributed by atoms with Crippen LogP contribution in [0.3, 0.4) is 0 Å². The summed E-state index contributed by atoms with van der Waals surface area (Å²) in [5.74, 6) is 0.258. The third-order valence-corrected chi connectivity index (χ3v) is 3.93. The predicted molar refractivity (Wildman–Crippen MR) is 92.1 cm³/mol. The van der Waals surface area contributed by atoms with E-state index in [1.165, 1.54) is 0 Å². The van der Waals surface area contributed by atoms with Crippen molar-refractivity contribution in [1.29, 1.82) is 0 Å². The van der Waals surface area contributed by atoms with Crippen molar-refractivity contribution in [2.75, 3.05) is 0 Å². The van der Waals surface area contributed by atoms with Crippen LogP contribution >= 0.6 is 0 Å². The first kappa shape index (κ1) is 13.5. The minimum Gasteiger partial charge on any atom is -0.507 e. The summed E-state index contributed by atoms with van der Waals surface area (Å²) >= 11 is 0. The molecule has 0 saturated carbocycles. The largest absolute Gasteiger partial charge is 0.507 e. The van der Waals surface area contributed by atoms with Crippen LogP contribution in [0.2, 0.25) is 0 Å². The average Bonchev–Trinajstić information content (AvgIpc) is 2.62. The lowest BCUT2D eigenvalue weighted by Gasteiger charge is -2.09. The Morgan fingerprint density at radius 2 is 1.52 bits per heavy atom. The van der Waals surface area contributed by atoms with Crippen LogP contribution in [-0.2, 0) is 0 Å². The minimum atomic E-state index is 0.258. The van der Waals surface area contributed by atoms with Crippen molar-refractivity contribution in [3.05, 3.63) is 79.0 Å². The molecule has 1 heterocycles. The average molecular weight is 298 g/mol. The Hall–Kier alpha value is -3.20. The summed E-state index contributed by atoms with van der Waals surface area (Å²) in [5, 5.41) is 20.7. The molecule has 0 aliphatic heterocycles. The van der Waals surface area contributed by atoms with Crippen LogP contribution in [0.4, 0.5) is 0 Å². The number of hydrogen-bond donors (Lipinski definition) is 1. The molecule has 0 unspecified atom stereocenters. The number of phenolic OH excluding ortho intramolecular Hbond substituents is 1. The van der Waals surface area contributed by atoms with Crippen molar-refractivity contribution < 1.29 is 5.11 Å². The second kappa shape index (κ2) is 5.54. The van der Waals surface area contributed by atoms with Gasteiger partial charge in [-0.1, -0.05) is 54.6 Å². The molecule has 0 fully saturated rings. The summed E-state index contributed by atoms with van der Waals surface area (Å²) < 4.78 is 0. The van der Waals surface area contributed by atoms with Gasteiger partial charge in [-0.2, -0.15) is 5.10 Å². The third-order valence-electron chi connectivity index (χ3n) is 3.93. The van der Waals surface area contributed by atoms with Gasteiger partial charge in [0.25, 0.3) is 0 Å². The highest BCUT2D eigenvalue weighted by Crippen LogP contribution is 2.34. The number of rotatable bonds is 2. The molecule has 3 heteroatoms. The first-order valence-corrected chi connectivity index (χ1v) is 7.42. The summed E-state index contributed by atoms with van der Waals surface area (Å²) in [6.45, 7) is 0. The topological polar surface area (TPSA) is 46.0 Å². The van der Waals surface area contributed by atoms with Crippen LogP contribution < -0.4 is 0 Å². The van der Waals surface area contributed by atoms with E-state index in [1.807, 2.05) is 66.7 Å². The first-order valence-electron chi connectivity index (χ1n) is 7.42. The fourth-order valence-corrected chi connectivity index (χ4v) is 2.77. The van der Waals surface area contributed by atoms with Gasteiger partial charge in [0.1, 0.15) is 11.4 Å². The third kappa shape index (κ3) is 2.42. The Morgan fingerprint density at radius 3 is 2.39 bits per heavy atom. The fraction of sp³-hybridized carbons (Fsp3) is 0. The quantitative estimate of drug-likeness (QED) is 0.585. The van der Waals surface area contributed by atoms with Gasteiger partial charge in [0.2, 0.25) is 0 Å². The number of aromatic nitrogens is 2. The van der Waals surface area contributed by atoms with Gasteiger partial charge in [0.05, 0.1) is 6.20 Å². The van der Waals surface area contributed by atoms with E-state index in [-0.39, 0.29) is 5.75 Å². The maximum atomic E-state index is 10.2. The van der Waals surface area contributed by atoms with Crippen LogP contribution in [0.15, 0.2) is 79.0 Å². The van der Waals surface area contributed by atoms with E-state index in [9.17, 15) is 5.11 Å². The highest BCUT2D eigenvalue weighted by atomic mass is 16.3. The summed E-state index contributed by atoms with van der Waals surface area (Å²) in [6.07, 6.45) is 1.76. The zero-order valence-electron chi connectivity index (χ0n) is 12.3. The van der Waals surface area contributed by atoms with Crippen LogP contribution in [0.5, 0.6) is 5.75 Å². The van der Waals surface area contributed by atoms with Crippen molar-refractivity contribution in [3.8, 4) is 28.1 Å². The smallest absolute Gasteiger partial charge is 0.123 e. The fourth-order valence-electron chi connectivity index (χ4n) is 2.77. The number of fused-ring (bicyclic) bond motifs is 1. The molecule has 0 radical (unpaired) electrons. The summed E-state index contributed by atoms with van der Waals surface area (Å²) in [6, 6.07) is 23.4. The molecule has 0 amide bonds. The normalized spacial score (nSPS) is 10.8. The molecule has 1 N–H and O–H groups in total. The lowest BCUT2D eigenvalue weighted by molar-refractivity contribution is 0.477. The SMILES string of the molecule is Oc1ccc(-c2nncc3ccccc23)cc1-c1ccccc1. The van der Waals surface area contributed by atoms with Crippen molar-refractivity contribution in [1.82, 2.24) is 10.2 Å². The molecule has 110 valence electrons. The molecule has 23 heavy (non-hydrogen) atoms. The van der Waals surface area contributed by atoms with Gasteiger partial charge in [0, 0.05) is 21.9 Å². The van der Waals surface area contributed by atoms with Gasteiger partial charge in [-0.05, 0) is 23.8 Å². The zero-order valence-corrected chi connectivity index (χ0v) is 12.3. The molecule has 0 spiro atoms. The van der Waals surface area contributed by atoms with Crippen molar-refractivity contribution in [2.24, 2.45) is 0 Å². The van der Waals surface area contributed by atoms with E-state index in [2.05, 4.69) is 10.2 Å². The standard InChI is InChI=1S/C20H14N2O/c23-19-11-10-15(12-18(19)14-6-2-1-3-7-14)20-17-9-5-4-8-16(17)13-21-22-20/h1-13,23H. The number of nitrogens with zero attached hydrogens (tertiary/aromatic N) is 2. The number of aromatic hydroxyl groups is 1. The molecule has 4 aromatic rings. The van der Waals surface area contributed by atoms with Gasteiger partial charge in [-0.15, -0.1) is 5.10 Å². The lowest BCUT2D eigenvalue weighted by Crippen LogP contribution is -1.90. The van der Waals surface area contributed by atoms with Crippen molar-refractivity contribution in [2.45, 2.75) is 0 Å². The van der Waals surface area contributed by atoms with Crippen LogP contribution in [-0.4, -0.2) is 15.3 Å². The molecule has 0 saturated heterocycles. The van der Waals surface area contributed by atoms with Gasteiger partial charge in [0.15, 0.2) is 0 Å². The van der Waals surface area contributed by atoms with E-state index in [0.29, 0.717) is 0 Å². The molecular formula is C20H14N2O. The van der Waals surface area contributed by atoms with Gasteiger partial charge in [-0.3, -0.25) is 0 Å². The van der Waals surface area contributed by atoms with E-state index >= 15 is 0 Å². The highest BCUT2D eigenvalue weighted by molar-refractivity contribution is 5.94. The number of hydrogen-bond acceptors (Lipinski definition) is 3. The Balaban J connectivity index is 1.93. The van der Waals surface area contributed by atoms with Gasteiger partial charge >= 0.3 is 0 Å². The first-order chi connectivity index (χ1) is 11.3. The van der Waals surface area contributed by atoms with Gasteiger partial charge in [-0.25, -0.2) is 0 Å². The monoisotopic (exact) mass is 298 g/mol. The molecule has 0 atom stereocenters. The molecule has 3 nitrogen and oxygen atoms in total. The summed E-state index contributed by atoms with van der Waals surface area (Å²) in [5.41, 5.74) is 3.52. The maximum absolute atomic E-state index is 10.2. The van der Waals surface area contributed by atoms with E-state index in [1.54, 1.807) is 12.3 Å². The number of benzene rings is 3.